The summed E-state index contributed by atoms with van der Waals surface area (Å²) in [5, 5.41) is 0. The Morgan fingerprint density at radius 1 is 0.950 bits per heavy atom. The molecule has 0 saturated carbocycles. The van der Waals surface area contributed by atoms with Gasteiger partial charge in [0.25, 0.3) is 0 Å². The molecule has 0 saturated heterocycles. The van der Waals surface area contributed by atoms with E-state index in [1.165, 1.54) is 54.5 Å². The van der Waals surface area contributed by atoms with E-state index < -0.39 is 0 Å². The Hall–Kier alpha value is -0.670. The van der Waals surface area contributed by atoms with Crippen molar-refractivity contribution in [2.45, 2.75) is 30.5 Å². The van der Waals surface area contributed by atoms with E-state index >= 15 is 0 Å². The van der Waals surface area contributed by atoms with Crippen molar-refractivity contribution in [1.29, 1.82) is 0 Å². The third-order valence-electron chi connectivity index (χ3n) is 3.90. The molecular formula is C17H15Br2F. The molecule has 3 rings (SSSR count). The Bertz CT molecular complexity index is 637. The zero-order valence-electron chi connectivity index (χ0n) is 11.0. The lowest BCUT2D eigenvalue weighted by molar-refractivity contribution is 0.626. The Balaban J connectivity index is 1.95. The summed E-state index contributed by atoms with van der Waals surface area (Å²) in [6, 6.07) is 11.6. The van der Waals surface area contributed by atoms with Gasteiger partial charge >= 0.3 is 0 Å². The summed E-state index contributed by atoms with van der Waals surface area (Å²) in [5.74, 6) is -0.217. The van der Waals surface area contributed by atoms with Crippen LogP contribution in [-0.4, -0.2) is 0 Å². The molecule has 3 heteroatoms. The molecule has 0 bridgehead atoms. The maximum atomic E-state index is 13.2. The van der Waals surface area contributed by atoms with E-state index in [0.29, 0.717) is 0 Å². The van der Waals surface area contributed by atoms with Gasteiger partial charge in [0.15, 0.2) is 0 Å². The number of fused-ring (bicyclic) bond motifs is 1. The monoisotopic (exact) mass is 396 g/mol. The lowest BCUT2D eigenvalue weighted by atomic mass is 9.89. The van der Waals surface area contributed by atoms with Gasteiger partial charge in [-0.2, -0.15) is 0 Å². The minimum atomic E-state index is -0.217. The first kappa shape index (κ1) is 14.3. The molecule has 0 aliphatic heterocycles. The van der Waals surface area contributed by atoms with Gasteiger partial charge in [-0.25, -0.2) is 4.39 Å². The molecule has 1 atom stereocenters. The van der Waals surface area contributed by atoms with Crippen LogP contribution >= 0.6 is 31.9 Å². The van der Waals surface area contributed by atoms with E-state index in [4.69, 9.17) is 0 Å². The molecule has 104 valence electrons. The fourth-order valence-electron chi connectivity index (χ4n) is 2.80. The summed E-state index contributed by atoms with van der Waals surface area (Å²) in [4.78, 5) is 0.0877. The van der Waals surface area contributed by atoms with E-state index in [2.05, 4.69) is 50.1 Å². The van der Waals surface area contributed by atoms with E-state index in [1.54, 1.807) is 0 Å². The average molecular weight is 398 g/mol. The third kappa shape index (κ3) is 2.84. The van der Waals surface area contributed by atoms with Crippen molar-refractivity contribution in [3.05, 3.63) is 68.9 Å². The van der Waals surface area contributed by atoms with Gasteiger partial charge in [0.1, 0.15) is 5.82 Å². The van der Waals surface area contributed by atoms with Crippen LogP contribution in [0.15, 0.2) is 40.9 Å². The molecule has 0 aromatic heterocycles. The second-order valence-corrected chi connectivity index (χ2v) is 7.03. The molecule has 0 spiro atoms. The first-order valence-corrected chi connectivity index (χ1v) is 8.57. The molecule has 0 N–H and O–H groups in total. The first-order valence-electron chi connectivity index (χ1n) is 6.86. The van der Waals surface area contributed by atoms with Crippen molar-refractivity contribution in [2.75, 3.05) is 0 Å². The van der Waals surface area contributed by atoms with Crippen LogP contribution in [0.3, 0.4) is 0 Å². The molecule has 2 aromatic rings. The highest BCUT2D eigenvalue weighted by molar-refractivity contribution is 9.11. The van der Waals surface area contributed by atoms with Crippen molar-refractivity contribution in [3.8, 4) is 0 Å². The minimum absolute atomic E-state index is 0.0877. The molecule has 0 heterocycles. The highest BCUT2D eigenvalue weighted by Gasteiger charge is 2.17. The smallest absolute Gasteiger partial charge is 0.124 e. The lowest BCUT2D eigenvalue weighted by Crippen LogP contribution is -2.04. The summed E-state index contributed by atoms with van der Waals surface area (Å²) in [5.41, 5.74) is 5.24. The van der Waals surface area contributed by atoms with Crippen molar-refractivity contribution in [3.63, 3.8) is 0 Å². The van der Waals surface area contributed by atoms with Gasteiger partial charge < -0.3 is 0 Å². The quantitative estimate of drug-likeness (QED) is 0.549. The van der Waals surface area contributed by atoms with Gasteiger partial charge in [0.05, 0.1) is 4.83 Å². The van der Waals surface area contributed by atoms with Crippen LogP contribution in [0.1, 0.15) is 39.9 Å². The highest BCUT2D eigenvalue weighted by atomic mass is 79.9. The minimum Gasteiger partial charge on any atom is -0.207 e. The van der Waals surface area contributed by atoms with Gasteiger partial charge in [0, 0.05) is 4.47 Å². The van der Waals surface area contributed by atoms with Crippen LogP contribution < -0.4 is 0 Å². The van der Waals surface area contributed by atoms with E-state index in [1.807, 2.05) is 6.07 Å². The number of alkyl halides is 1. The van der Waals surface area contributed by atoms with E-state index in [9.17, 15) is 4.39 Å². The van der Waals surface area contributed by atoms with Crippen molar-refractivity contribution >= 4 is 31.9 Å². The molecule has 2 aromatic carbocycles. The lowest BCUT2D eigenvalue weighted by Gasteiger charge is -2.19. The van der Waals surface area contributed by atoms with Crippen molar-refractivity contribution in [1.82, 2.24) is 0 Å². The molecule has 0 amide bonds. The number of hydrogen-bond donors (Lipinski definition) is 0. The topological polar surface area (TPSA) is 0 Å². The van der Waals surface area contributed by atoms with Gasteiger partial charge in [-0.05, 0) is 60.1 Å². The number of benzene rings is 2. The van der Waals surface area contributed by atoms with E-state index in [0.717, 1.165) is 10.0 Å². The highest BCUT2D eigenvalue weighted by Crippen LogP contribution is 2.37. The molecule has 1 aliphatic carbocycles. The average Bonchev–Trinajstić information content (AvgIpc) is 2.46. The van der Waals surface area contributed by atoms with Crippen LogP contribution in [0.25, 0.3) is 0 Å². The van der Waals surface area contributed by atoms with Crippen molar-refractivity contribution in [2.24, 2.45) is 0 Å². The fraction of sp³-hybridized carbons (Fsp3) is 0.294. The molecule has 0 fully saturated rings. The summed E-state index contributed by atoms with van der Waals surface area (Å²) in [6.45, 7) is 0. The zero-order chi connectivity index (χ0) is 14.1. The largest absolute Gasteiger partial charge is 0.207 e. The SMILES string of the molecule is Fc1ccc(C(Br)c2ccc3c(c2)CCCC3)c(Br)c1. The standard InChI is InChI=1S/C17H15Br2F/c18-16-10-14(20)7-8-15(16)17(19)13-6-5-11-3-1-2-4-12(11)9-13/h5-10,17H,1-4H2. The van der Waals surface area contributed by atoms with Crippen molar-refractivity contribution < 1.29 is 4.39 Å². The maximum Gasteiger partial charge on any atom is 0.124 e. The van der Waals surface area contributed by atoms with Gasteiger partial charge in [0.2, 0.25) is 0 Å². The predicted molar refractivity (Wildman–Crippen MR) is 88.0 cm³/mol. The maximum absolute atomic E-state index is 13.2. The van der Waals surface area contributed by atoms with Crippen LogP contribution in [0.5, 0.6) is 0 Å². The van der Waals surface area contributed by atoms with Crippen LogP contribution in [0, 0.1) is 5.82 Å². The molecule has 0 radical (unpaired) electrons. The Kier molecular flexibility index (Phi) is 4.27. The normalized spacial score (nSPS) is 15.8. The molecular weight excluding hydrogens is 383 g/mol. The van der Waals surface area contributed by atoms with Gasteiger partial charge in [-0.3, -0.25) is 0 Å². The second kappa shape index (κ2) is 5.98. The third-order valence-corrected chi connectivity index (χ3v) is 5.61. The predicted octanol–water partition coefficient (Wildman–Crippen LogP) is 5.95. The Morgan fingerprint density at radius 3 is 2.45 bits per heavy atom. The van der Waals surface area contributed by atoms with Gasteiger partial charge in [-0.15, -0.1) is 0 Å². The molecule has 1 aliphatic rings. The summed E-state index contributed by atoms with van der Waals surface area (Å²) < 4.78 is 14.0. The molecule has 20 heavy (non-hydrogen) atoms. The Morgan fingerprint density at radius 2 is 1.70 bits per heavy atom. The van der Waals surface area contributed by atoms with Crippen LogP contribution in [0.2, 0.25) is 0 Å². The molecule has 1 unspecified atom stereocenters. The summed E-state index contributed by atoms with van der Waals surface area (Å²) >= 11 is 7.19. The molecule has 0 nitrogen and oxygen atoms in total. The van der Waals surface area contributed by atoms with Gasteiger partial charge in [-0.1, -0.05) is 56.1 Å². The zero-order valence-corrected chi connectivity index (χ0v) is 14.2. The second-order valence-electron chi connectivity index (χ2n) is 5.26. The first-order chi connectivity index (χ1) is 9.65. The number of halogens is 3. The fourth-order valence-corrected chi connectivity index (χ4v) is 4.37. The van der Waals surface area contributed by atoms with Crippen LogP contribution in [0.4, 0.5) is 4.39 Å². The van der Waals surface area contributed by atoms with Crippen LogP contribution in [-0.2, 0) is 12.8 Å². The van der Waals surface area contributed by atoms with E-state index in [-0.39, 0.29) is 10.6 Å². The summed E-state index contributed by atoms with van der Waals surface area (Å²) in [6.07, 6.45) is 4.95. The number of hydrogen-bond acceptors (Lipinski definition) is 0. The summed E-state index contributed by atoms with van der Waals surface area (Å²) in [7, 11) is 0. The number of aryl methyl sites for hydroxylation is 2. The Labute approximate surface area is 135 Å². The number of rotatable bonds is 2.